The molecule has 0 bridgehead atoms. The van der Waals surface area contributed by atoms with Gasteiger partial charge in [0.2, 0.25) is 10.0 Å². The van der Waals surface area contributed by atoms with Crippen LogP contribution in [0.2, 0.25) is 0 Å². The number of nitrogens with one attached hydrogen (secondary N) is 2. The fourth-order valence-electron chi connectivity index (χ4n) is 2.28. The first-order valence-corrected chi connectivity index (χ1v) is 8.90. The van der Waals surface area contributed by atoms with Gasteiger partial charge < -0.3 is 5.32 Å². The molecular weight excluding hydrogens is 272 g/mol. The molecule has 0 saturated carbocycles. The van der Waals surface area contributed by atoms with Gasteiger partial charge in [-0.2, -0.15) is 0 Å². The first kappa shape index (κ1) is 17.1. The second-order valence-corrected chi connectivity index (χ2v) is 7.64. The standard InChI is InChI=1S/C15H26N2O2S/c1-5-9-14(13-10-7-6-8-11-13)16-12-15(2,3)17-20(4,18)19/h6-8,10-11,14,16-17H,5,9,12H2,1-4H3. The average Bonchev–Trinajstić information content (AvgIpc) is 2.32. The highest BCUT2D eigenvalue weighted by atomic mass is 32.2. The predicted molar refractivity (Wildman–Crippen MR) is 84.2 cm³/mol. The summed E-state index contributed by atoms with van der Waals surface area (Å²) in [6.07, 6.45) is 3.29. The Morgan fingerprint density at radius 3 is 2.30 bits per heavy atom. The molecule has 0 radical (unpaired) electrons. The fourth-order valence-corrected chi connectivity index (χ4v) is 3.35. The van der Waals surface area contributed by atoms with Crippen LogP contribution in [0.4, 0.5) is 0 Å². The van der Waals surface area contributed by atoms with Crippen LogP contribution in [0.1, 0.15) is 45.2 Å². The number of hydrogen-bond acceptors (Lipinski definition) is 3. The minimum absolute atomic E-state index is 0.252. The van der Waals surface area contributed by atoms with Crippen molar-refractivity contribution in [1.29, 1.82) is 0 Å². The van der Waals surface area contributed by atoms with E-state index in [2.05, 4.69) is 29.1 Å². The predicted octanol–water partition coefficient (Wildman–Crippen LogP) is 2.45. The lowest BCUT2D eigenvalue weighted by molar-refractivity contribution is 0.380. The highest BCUT2D eigenvalue weighted by molar-refractivity contribution is 7.88. The van der Waals surface area contributed by atoms with E-state index in [-0.39, 0.29) is 6.04 Å². The molecule has 1 unspecified atom stereocenters. The van der Waals surface area contributed by atoms with Crippen LogP contribution in [-0.2, 0) is 10.0 Å². The highest BCUT2D eigenvalue weighted by Crippen LogP contribution is 2.18. The van der Waals surface area contributed by atoms with Crippen LogP contribution in [-0.4, -0.2) is 26.8 Å². The molecule has 4 nitrogen and oxygen atoms in total. The summed E-state index contributed by atoms with van der Waals surface area (Å²) in [6.45, 7) is 6.50. The molecule has 0 fully saturated rings. The van der Waals surface area contributed by atoms with Crippen molar-refractivity contribution in [2.45, 2.75) is 45.2 Å². The molecule has 0 amide bonds. The van der Waals surface area contributed by atoms with Crippen molar-refractivity contribution >= 4 is 10.0 Å². The fraction of sp³-hybridized carbons (Fsp3) is 0.600. The summed E-state index contributed by atoms with van der Waals surface area (Å²) in [5.41, 5.74) is 0.735. The molecule has 0 aliphatic heterocycles. The quantitative estimate of drug-likeness (QED) is 0.775. The van der Waals surface area contributed by atoms with E-state index in [1.54, 1.807) is 0 Å². The normalized spacial score (nSPS) is 14.2. The smallest absolute Gasteiger partial charge is 0.209 e. The highest BCUT2D eigenvalue weighted by Gasteiger charge is 2.23. The lowest BCUT2D eigenvalue weighted by Gasteiger charge is -2.29. The second-order valence-electron chi connectivity index (χ2n) is 5.89. The molecule has 1 aromatic carbocycles. The van der Waals surface area contributed by atoms with E-state index in [1.807, 2.05) is 32.0 Å². The van der Waals surface area contributed by atoms with Gasteiger partial charge in [-0.05, 0) is 25.8 Å². The van der Waals surface area contributed by atoms with Gasteiger partial charge in [-0.15, -0.1) is 0 Å². The third-order valence-electron chi connectivity index (χ3n) is 3.03. The van der Waals surface area contributed by atoms with E-state index in [9.17, 15) is 8.42 Å². The zero-order chi connectivity index (χ0) is 15.2. The van der Waals surface area contributed by atoms with Crippen LogP contribution < -0.4 is 10.0 Å². The van der Waals surface area contributed by atoms with Gasteiger partial charge >= 0.3 is 0 Å². The SMILES string of the molecule is CCCC(NCC(C)(C)NS(C)(=O)=O)c1ccccc1. The van der Waals surface area contributed by atoms with Gasteiger partial charge in [-0.1, -0.05) is 43.7 Å². The van der Waals surface area contributed by atoms with Crippen LogP contribution in [0.3, 0.4) is 0 Å². The molecule has 0 spiro atoms. The molecule has 1 aromatic rings. The van der Waals surface area contributed by atoms with Crippen LogP contribution in [0.25, 0.3) is 0 Å². The Morgan fingerprint density at radius 1 is 1.20 bits per heavy atom. The molecule has 2 N–H and O–H groups in total. The Hall–Kier alpha value is -0.910. The molecule has 5 heteroatoms. The summed E-state index contributed by atoms with van der Waals surface area (Å²) in [5, 5.41) is 3.47. The van der Waals surface area contributed by atoms with E-state index in [0.29, 0.717) is 6.54 Å². The van der Waals surface area contributed by atoms with Crippen molar-refractivity contribution in [2.75, 3.05) is 12.8 Å². The minimum Gasteiger partial charge on any atom is -0.308 e. The summed E-state index contributed by atoms with van der Waals surface area (Å²) in [4.78, 5) is 0. The van der Waals surface area contributed by atoms with E-state index in [1.165, 1.54) is 11.8 Å². The molecule has 0 heterocycles. The summed E-state index contributed by atoms with van der Waals surface area (Å²) in [5.74, 6) is 0. The molecule has 1 atom stereocenters. The molecular formula is C15H26N2O2S. The Balaban J connectivity index is 2.68. The zero-order valence-electron chi connectivity index (χ0n) is 12.8. The lowest BCUT2D eigenvalue weighted by Crippen LogP contribution is -2.50. The lowest BCUT2D eigenvalue weighted by atomic mass is 10.0. The van der Waals surface area contributed by atoms with E-state index >= 15 is 0 Å². The maximum atomic E-state index is 11.3. The van der Waals surface area contributed by atoms with Crippen molar-refractivity contribution in [3.63, 3.8) is 0 Å². The molecule has 0 aromatic heterocycles. The van der Waals surface area contributed by atoms with Crippen molar-refractivity contribution < 1.29 is 8.42 Å². The van der Waals surface area contributed by atoms with Gasteiger partial charge in [0.15, 0.2) is 0 Å². The average molecular weight is 298 g/mol. The Kier molecular flexibility index (Phi) is 6.17. The van der Waals surface area contributed by atoms with Crippen molar-refractivity contribution in [3.8, 4) is 0 Å². The van der Waals surface area contributed by atoms with Crippen LogP contribution in [0.15, 0.2) is 30.3 Å². The molecule has 0 aliphatic carbocycles. The molecule has 114 valence electrons. The van der Waals surface area contributed by atoms with Crippen LogP contribution in [0.5, 0.6) is 0 Å². The number of hydrogen-bond donors (Lipinski definition) is 2. The van der Waals surface area contributed by atoms with Crippen LogP contribution in [0, 0.1) is 0 Å². The van der Waals surface area contributed by atoms with Gasteiger partial charge in [0.05, 0.1) is 6.26 Å². The minimum atomic E-state index is -3.20. The Labute approximate surface area is 123 Å². The molecule has 0 saturated heterocycles. The first-order valence-electron chi connectivity index (χ1n) is 7.01. The van der Waals surface area contributed by atoms with Crippen molar-refractivity contribution in [1.82, 2.24) is 10.0 Å². The van der Waals surface area contributed by atoms with Gasteiger partial charge in [-0.3, -0.25) is 0 Å². The number of rotatable bonds is 8. The van der Waals surface area contributed by atoms with Crippen LogP contribution >= 0.6 is 0 Å². The molecule has 1 rings (SSSR count). The maximum absolute atomic E-state index is 11.3. The number of benzene rings is 1. The maximum Gasteiger partial charge on any atom is 0.209 e. The van der Waals surface area contributed by atoms with Gasteiger partial charge in [0, 0.05) is 18.1 Å². The Morgan fingerprint density at radius 2 is 1.80 bits per heavy atom. The summed E-state index contributed by atoms with van der Waals surface area (Å²) >= 11 is 0. The van der Waals surface area contributed by atoms with Gasteiger partial charge in [0.25, 0.3) is 0 Å². The topological polar surface area (TPSA) is 58.2 Å². The monoisotopic (exact) mass is 298 g/mol. The van der Waals surface area contributed by atoms with E-state index in [4.69, 9.17) is 0 Å². The van der Waals surface area contributed by atoms with Crippen molar-refractivity contribution in [2.24, 2.45) is 0 Å². The Bertz CT molecular complexity index is 498. The zero-order valence-corrected chi connectivity index (χ0v) is 13.6. The van der Waals surface area contributed by atoms with E-state index < -0.39 is 15.6 Å². The van der Waals surface area contributed by atoms with Gasteiger partial charge in [-0.25, -0.2) is 13.1 Å². The van der Waals surface area contributed by atoms with E-state index in [0.717, 1.165) is 12.8 Å². The summed E-state index contributed by atoms with van der Waals surface area (Å²) < 4.78 is 25.4. The molecule has 0 aliphatic rings. The summed E-state index contributed by atoms with van der Waals surface area (Å²) in [7, 11) is -3.20. The summed E-state index contributed by atoms with van der Waals surface area (Å²) in [6, 6.07) is 10.5. The molecule has 20 heavy (non-hydrogen) atoms. The number of sulfonamides is 1. The van der Waals surface area contributed by atoms with Crippen molar-refractivity contribution in [3.05, 3.63) is 35.9 Å². The largest absolute Gasteiger partial charge is 0.308 e. The third-order valence-corrected chi connectivity index (χ3v) is 3.95. The van der Waals surface area contributed by atoms with Gasteiger partial charge in [0.1, 0.15) is 0 Å². The first-order chi connectivity index (χ1) is 9.23. The third kappa shape index (κ3) is 6.50. The second kappa shape index (κ2) is 7.20.